The number of allylic oxidation sites excluding steroid dienone is 2. The van der Waals surface area contributed by atoms with Gasteiger partial charge in [0.05, 0.1) is 13.2 Å². The Labute approximate surface area is 138 Å². The van der Waals surface area contributed by atoms with Gasteiger partial charge in [0.15, 0.2) is 0 Å². The Bertz CT molecular complexity index is 485. The monoisotopic (exact) mass is 463 g/mol. The van der Waals surface area contributed by atoms with E-state index in [4.69, 9.17) is 4.74 Å². The molecule has 1 saturated heterocycles. The molecular weight excluding hydrogens is 444 g/mol. The third kappa shape index (κ3) is 5.12. The van der Waals surface area contributed by atoms with Crippen LogP contribution in [-0.4, -0.2) is 30.9 Å². The number of imide groups is 1. The molecule has 2 N–H and O–H groups in total. The van der Waals surface area contributed by atoms with Crippen LogP contribution < -0.4 is 10.6 Å². The Hall–Kier alpha value is -1.42. The van der Waals surface area contributed by atoms with Crippen molar-refractivity contribution in [2.75, 3.05) is 7.11 Å². The van der Waals surface area contributed by atoms with Crippen molar-refractivity contribution in [2.45, 2.75) is 39.2 Å². The van der Waals surface area contributed by atoms with E-state index in [1.807, 2.05) is 0 Å². The molecule has 7 heteroatoms. The van der Waals surface area contributed by atoms with Crippen molar-refractivity contribution < 1.29 is 40.2 Å². The first-order valence-corrected chi connectivity index (χ1v) is 6.11. The van der Waals surface area contributed by atoms with Crippen LogP contribution in [0.2, 0.25) is 0 Å². The van der Waals surface area contributed by atoms with Gasteiger partial charge in [0.25, 0.3) is 0 Å². The smallest absolute Gasteiger partial charge is 0.248 e. The van der Waals surface area contributed by atoms with Crippen LogP contribution in [0.15, 0.2) is 17.4 Å². The molecule has 3 amide bonds. The van der Waals surface area contributed by atoms with Crippen LogP contribution in [-0.2, 0) is 40.2 Å². The minimum absolute atomic E-state index is 0. The molecule has 0 aromatic heterocycles. The average molecular weight is 463 g/mol. The first kappa shape index (κ1) is 19.6. The standard InChI is InChI=1S/C13H15N2O4.CH4.W/c1-19-9-4-2-3-8(7-9)12(17)14-10-5-6-11(16)15-13(10)18;;/h3,10H,2,4-6H2,1H3,(H,14,17)(H,15,16,18);1H4;/q-1;;. The molecule has 1 aliphatic carbocycles. The molecule has 1 atom stereocenters. The molecule has 6 nitrogen and oxygen atoms in total. The number of methoxy groups -OCH3 is 1. The topological polar surface area (TPSA) is 84.5 Å². The molecule has 1 aliphatic heterocycles. The number of hydrogen-bond acceptors (Lipinski definition) is 4. The molecule has 0 radical (unpaired) electrons. The van der Waals surface area contributed by atoms with Gasteiger partial charge in [-0.15, -0.1) is 11.6 Å². The van der Waals surface area contributed by atoms with E-state index in [2.05, 4.69) is 16.7 Å². The van der Waals surface area contributed by atoms with Crippen LogP contribution in [0.5, 0.6) is 0 Å². The van der Waals surface area contributed by atoms with Crippen molar-refractivity contribution >= 4 is 17.7 Å². The van der Waals surface area contributed by atoms with Gasteiger partial charge in [0, 0.05) is 33.2 Å². The van der Waals surface area contributed by atoms with Crippen LogP contribution in [0.3, 0.4) is 0 Å². The van der Waals surface area contributed by atoms with E-state index in [9.17, 15) is 14.4 Å². The average Bonchev–Trinajstić information content (AvgIpc) is 2.42. The van der Waals surface area contributed by atoms with Crippen molar-refractivity contribution in [1.29, 1.82) is 0 Å². The number of ether oxygens (including phenoxy) is 1. The third-order valence-electron chi connectivity index (χ3n) is 3.03. The summed E-state index contributed by atoms with van der Waals surface area (Å²) in [5.74, 6) is -0.517. The summed E-state index contributed by atoms with van der Waals surface area (Å²) in [7, 11) is 1.53. The second-order valence-electron chi connectivity index (χ2n) is 4.39. The quantitative estimate of drug-likeness (QED) is 0.475. The van der Waals surface area contributed by atoms with Gasteiger partial charge in [-0.3, -0.25) is 14.9 Å². The van der Waals surface area contributed by atoms with Crippen molar-refractivity contribution in [3.8, 4) is 0 Å². The SMILES string of the molecule is C.COC1=[C-]C(C(=O)NC2CCC(=O)NC2=O)=CCC1.[W]. The maximum Gasteiger partial charge on any atom is 0.248 e. The Morgan fingerprint density at radius 2 is 2.14 bits per heavy atom. The summed E-state index contributed by atoms with van der Waals surface area (Å²) in [6.45, 7) is 0. The molecule has 1 fully saturated rings. The molecule has 0 saturated carbocycles. The van der Waals surface area contributed by atoms with E-state index in [-0.39, 0.29) is 46.7 Å². The van der Waals surface area contributed by atoms with Crippen molar-refractivity contribution in [3.63, 3.8) is 0 Å². The number of amides is 3. The minimum Gasteiger partial charge on any atom is -0.514 e. The summed E-state index contributed by atoms with van der Waals surface area (Å²) in [4.78, 5) is 34.5. The van der Waals surface area contributed by atoms with E-state index in [1.165, 1.54) is 7.11 Å². The third-order valence-corrected chi connectivity index (χ3v) is 3.03. The van der Waals surface area contributed by atoms with Crippen molar-refractivity contribution in [2.24, 2.45) is 0 Å². The second kappa shape index (κ2) is 8.77. The van der Waals surface area contributed by atoms with Crippen LogP contribution in [0, 0.1) is 6.08 Å². The Morgan fingerprint density at radius 1 is 1.43 bits per heavy atom. The van der Waals surface area contributed by atoms with Crippen LogP contribution >= 0.6 is 0 Å². The molecule has 0 aromatic rings. The van der Waals surface area contributed by atoms with Gasteiger partial charge in [-0.25, -0.2) is 0 Å². The van der Waals surface area contributed by atoms with Gasteiger partial charge in [-0.2, -0.15) is 6.08 Å². The second-order valence-corrected chi connectivity index (χ2v) is 4.39. The molecule has 2 rings (SSSR count). The Balaban J connectivity index is 0.00000200. The maximum atomic E-state index is 12.0. The fourth-order valence-corrected chi connectivity index (χ4v) is 1.98. The Morgan fingerprint density at radius 3 is 2.76 bits per heavy atom. The largest absolute Gasteiger partial charge is 0.514 e. The first-order valence-electron chi connectivity index (χ1n) is 6.11. The number of piperidine rings is 1. The normalized spacial score (nSPS) is 20.9. The van der Waals surface area contributed by atoms with E-state index in [0.717, 1.165) is 0 Å². The fraction of sp³-hybridized carbons (Fsp3) is 0.500. The van der Waals surface area contributed by atoms with Crippen LogP contribution in [0.4, 0.5) is 0 Å². The predicted octanol–water partition coefficient (Wildman–Crippen LogP) is 0.595. The molecule has 0 bridgehead atoms. The number of carbonyl (C=O) groups is 3. The number of hydrogen-bond donors (Lipinski definition) is 2. The zero-order valence-electron chi connectivity index (χ0n) is 11.0. The molecule has 116 valence electrons. The van der Waals surface area contributed by atoms with Gasteiger partial charge in [0.1, 0.15) is 5.91 Å². The summed E-state index contributed by atoms with van der Waals surface area (Å²) in [5, 5.41) is 4.80. The summed E-state index contributed by atoms with van der Waals surface area (Å²) >= 11 is 0. The maximum absolute atomic E-state index is 12.0. The predicted molar refractivity (Wildman–Crippen MR) is 72.1 cm³/mol. The van der Waals surface area contributed by atoms with Gasteiger partial charge in [-0.05, 0) is 12.8 Å². The molecule has 1 heterocycles. The zero-order valence-corrected chi connectivity index (χ0v) is 14.0. The summed E-state index contributed by atoms with van der Waals surface area (Å²) < 4.78 is 5.06. The van der Waals surface area contributed by atoms with Crippen molar-refractivity contribution in [1.82, 2.24) is 10.6 Å². The zero-order chi connectivity index (χ0) is 13.8. The van der Waals surface area contributed by atoms with Gasteiger partial charge >= 0.3 is 0 Å². The number of carbonyl (C=O) groups excluding carboxylic acids is 3. The summed E-state index contributed by atoms with van der Waals surface area (Å²) in [6, 6.07) is -0.666. The van der Waals surface area contributed by atoms with E-state index in [0.29, 0.717) is 30.6 Å². The molecule has 0 spiro atoms. The molecule has 2 aliphatic rings. The van der Waals surface area contributed by atoms with Gasteiger partial charge in [0.2, 0.25) is 11.8 Å². The molecule has 0 aromatic carbocycles. The van der Waals surface area contributed by atoms with Crippen LogP contribution in [0.1, 0.15) is 33.1 Å². The number of nitrogens with one attached hydrogen (secondary N) is 2. The van der Waals surface area contributed by atoms with Gasteiger partial charge in [-0.1, -0.05) is 13.8 Å². The molecular formula is C14H19N2O4W-. The summed E-state index contributed by atoms with van der Waals surface area (Å²) in [6.07, 6.45) is 6.59. The van der Waals surface area contributed by atoms with Crippen molar-refractivity contribution in [3.05, 3.63) is 23.5 Å². The molecule has 21 heavy (non-hydrogen) atoms. The van der Waals surface area contributed by atoms with Gasteiger partial charge < -0.3 is 14.8 Å². The fourth-order valence-electron chi connectivity index (χ4n) is 1.98. The van der Waals surface area contributed by atoms with E-state index >= 15 is 0 Å². The van der Waals surface area contributed by atoms with Crippen LogP contribution in [0.25, 0.3) is 0 Å². The molecule has 1 unspecified atom stereocenters. The number of rotatable bonds is 3. The Kier molecular flexibility index (Phi) is 8.18. The first-order chi connectivity index (χ1) is 9.10. The minimum atomic E-state index is -0.666. The van der Waals surface area contributed by atoms with E-state index < -0.39 is 11.9 Å². The summed E-state index contributed by atoms with van der Waals surface area (Å²) in [5.41, 5.74) is 0.368. The van der Waals surface area contributed by atoms with E-state index in [1.54, 1.807) is 6.08 Å².